The molecule has 1 saturated heterocycles. The van der Waals surface area contributed by atoms with Crippen molar-refractivity contribution >= 4 is 23.0 Å². The highest BCUT2D eigenvalue weighted by atomic mass is 32.1. The normalized spacial score (nSPS) is 23.2. The molecule has 2 aliphatic heterocycles. The number of hydrogen-bond acceptors (Lipinski definition) is 5. The first-order valence-electron chi connectivity index (χ1n) is 9.91. The van der Waals surface area contributed by atoms with E-state index in [4.69, 9.17) is 15.2 Å². The second-order valence-electron chi connectivity index (χ2n) is 7.41. The van der Waals surface area contributed by atoms with Gasteiger partial charge in [-0.25, -0.2) is 0 Å². The molecule has 7 heteroatoms. The Morgan fingerprint density at radius 3 is 2.93 bits per heavy atom. The van der Waals surface area contributed by atoms with Gasteiger partial charge in [0.15, 0.2) is 17.5 Å². The summed E-state index contributed by atoms with van der Waals surface area (Å²) in [6, 6.07) is 10.6. The van der Waals surface area contributed by atoms with Crippen LogP contribution >= 0.6 is 11.3 Å². The third-order valence-corrected chi connectivity index (χ3v) is 6.30. The molecule has 150 valence electrons. The van der Waals surface area contributed by atoms with Crippen LogP contribution in [-0.4, -0.2) is 44.2 Å². The molecule has 0 aliphatic carbocycles. The largest absolute Gasteiger partial charge is 0.490 e. The van der Waals surface area contributed by atoms with Crippen LogP contribution in [0.25, 0.3) is 0 Å². The van der Waals surface area contributed by atoms with Crippen molar-refractivity contribution in [1.29, 1.82) is 0 Å². The molecule has 0 radical (unpaired) electrons. The van der Waals surface area contributed by atoms with Crippen molar-refractivity contribution in [3.63, 3.8) is 0 Å². The smallest absolute Gasteiger partial charge is 0.193 e. The average molecular weight is 401 g/mol. The zero-order valence-electron chi connectivity index (χ0n) is 16.3. The van der Waals surface area contributed by atoms with E-state index in [0.717, 1.165) is 36.7 Å². The average Bonchev–Trinajstić information content (AvgIpc) is 3.11. The van der Waals surface area contributed by atoms with Crippen molar-refractivity contribution in [2.75, 3.05) is 38.7 Å². The SMILES string of the molecule is CN1CCCC(CN=C(N)Nc2ccc3c(c2)OCCCO3)C1c1cccs1. The van der Waals surface area contributed by atoms with Gasteiger partial charge in [-0.05, 0) is 55.9 Å². The molecule has 2 unspecified atom stereocenters. The molecule has 2 aromatic rings. The van der Waals surface area contributed by atoms with Gasteiger partial charge in [0.1, 0.15) is 0 Å². The number of ether oxygens (including phenoxy) is 2. The quantitative estimate of drug-likeness (QED) is 0.605. The summed E-state index contributed by atoms with van der Waals surface area (Å²) in [5.41, 5.74) is 7.05. The van der Waals surface area contributed by atoms with E-state index in [-0.39, 0.29) is 0 Å². The predicted octanol–water partition coefficient (Wildman–Crippen LogP) is 3.72. The fraction of sp³-hybridized carbons (Fsp3) is 0.476. The molecule has 4 rings (SSSR count). The number of fused-ring (bicyclic) bond motifs is 1. The van der Waals surface area contributed by atoms with Crippen LogP contribution < -0.4 is 20.5 Å². The van der Waals surface area contributed by atoms with Crippen molar-refractivity contribution in [3.8, 4) is 11.5 Å². The van der Waals surface area contributed by atoms with Crippen LogP contribution in [0.2, 0.25) is 0 Å². The van der Waals surface area contributed by atoms with Crippen LogP contribution in [0.3, 0.4) is 0 Å². The lowest BCUT2D eigenvalue weighted by Gasteiger charge is -2.38. The van der Waals surface area contributed by atoms with E-state index in [0.29, 0.717) is 31.1 Å². The highest BCUT2D eigenvalue weighted by molar-refractivity contribution is 7.10. The number of benzene rings is 1. The molecule has 1 fully saturated rings. The van der Waals surface area contributed by atoms with E-state index < -0.39 is 0 Å². The topological polar surface area (TPSA) is 72.1 Å². The van der Waals surface area contributed by atoms with E-state index in [9.17, 15) is 0 Å². The van der Waals surface area contributed by atoms with Gasteiger partial charge < -0.3 is 20.5 Å². The molecule has 0 amide bonds. The molecule has 2 aliphatic rings. The summed E-state index contributed by atoms with van der Waals surface area (Å²) < 4.78 is 11.4. The van der Waals surface area contributed by atoms with E-state index in [1.807, 2.05) is 29.5 Å². The summed E-state index contributed by atoms with van der Waals surface area (Å²) >= 11 is 1.83. The Morgan fingerprint density at radius 2 is 2.11 bits per heavy atom. The minimum absolute atomic E-state index is 0.420. The number of likely N-dealkylation sites (tertiary alicyclic amines) is 1. The Morgan fingerprint density at radius 1 is 1.25 bits per heavy atom. The molecule has 0 bridgehead atoms. The molecule has 2 atom stereocenters. The number of nitrogens with zero attached hydrogens (tertiary/aromatic N) is 2. The fourth-order valence-corrected chi connectivity index (χ4v) is 4.99. The monoisotopic (exact) mass is 400 g/mol. The third-order valence-electron chi connectivity index (χ3n) is 5.36. The van der Waals surface area contributed by atoms with Crippen molar-refractivity contribution in [2.45, 2.75) is 25.3 Å². The van der Waals surface area contributed by atoms with Crippen LogP contribution in [0.1, 0.15) is 30.2 Å². The van der Waals surface area contributed by atoms with Gasteiger partial charge in [0.05, 0.1) is 13.2 Å². The summed E-state index contributed by atoms with van der Waals surface area (Å²) in [7, 11) is 2.21. The number of hydrogen-bond donors (Lipinski definition) is 2. The summed E-state index contributed by atoms with van der Waals surface area (Å²) in [6.07, 6.45) is 3.27. The van der Waals surface area contributed by atoms with Gasteiger partial charge in [0.25, 0.3) is 0 Å². The van der Waals surface area contributed by atoms with Crippen molar-refractivity contribution in [2.24, 2.45) is 16.6 Å². The van der Waals surface area contributed by atoms with Crippen LogP contribution in [0.4, 0.5) is 5.69 Å². The van der Waals surface area contributed by atoms with Crippen molar-refractivity contribution in [1.82, 2.24) is 4.90 Å². The number of piperidine rings is 1. The van der Waals surface area contributed by atoms with Gasteiger partial charge in [0, 0.05) is 35.6 Å². The maximum atomic E-state index is 6.18. The summed E-state index contributed by atoms with van der Waals surface area (Å²) in [6.45, 7) is 3.20. The number of aliphatic imine (C=N–C) groups is 1. The van der Waals surface area contributed by atoms with Crippen molar-refractivity contribution < 1.29 is 9.47 Å². The first-order chi connectivity index (χ1) is 13.7. The minimum atomic E-state index is 0.420. The van der Waals surface area contributed by atoms with Crippen LogP contribution in [-0.2, 0) is 0 Å². The molecule has 0 spiro atoms. The predicted molar refractivity (Wildman–Crippen MR) is 115 cm³/mol. The number of anilines is 1. The molecule has 1 aromatic carbocycles. The summed E-state index contributed by atoms with van der Waals surface area (Å²) in [4.78, 5) is 8.52. The lowest BCUT2D eigenvalue weighted by atomic mass is 9.88. The zero-order chi connectivity index (χ0) is 19.3. The maximum Gasteiger partial charge on any atom is 0.193 e. The minimum Gasteiger partial charge on any atom is -0.490 e. The first kappa shape index (κ1) is 19.1. The summed E-state index contributed by atoms with van der Waals surface area (Å²) in [5.74, 6) is 2.44. The van der Waals surface area contributed by atoms with Gasteiger partial charge >= 0.3 is 0 Å². The lowest BCUT2D eigenvalue weighted by Crippen LogP contribution is -2.37. The number of guanidine groups is 1. The first-order valence-corrected chi connectivity index (χ1v) is 10.8. The summed E-state index contributed by atoms with van der Waals surface area (Å²) in [5, 5.41) is 5.34. The molecular formula is C21H28N4O2S. The van der Waals surface area contributed by atoms with Gasteiger partial charge in [-0.1, -0.05) is 6.07 Å². The molecule has 0 saturated carbocycles. The highest BCUT2D eigenvalue weighted by Crippen LogP contribution is 2.37. The van der Waals surface area contributed by atoms with E-state index in [1.165, 1.54) is 17.7 Å². The number of nitrogens with two attached hydrogens (primary N) is 1. The van der Waals surface area contributed by atoms with E-state index in [2.05, 4.69) is 39.8 Å². The second kappa shape index (κ2) is 8.84. The highest BCUT2D eigenvalue weighted by Gasteiger charge is 2.31. The Bertz CT molecular complexity index is 809. The third kappa shape index (κ3) is 4.42. The van der Waals surface area contributed by atoms with E-state index >= 15 is 0 Å². The number of rotatable bonds is 4. The molecule has 1 aromatic heterocycles. The molecule has 3 heterocycles. The Hall–Kier alpha value is -2.25. The van der Waals surface area contributed by atoms with Crippen LogP contribution in [0, 0.1) is 5.92 Å². The van der Waals surface area contributed by atoms with Crippen LogP contribution in [0.15, 0.2) is 40.7 Å². The van der Waals surface area contributed by atoms with Gasteiger partial charge in [-0.2, -0.15) is 0 Å². The number of nitrogens with one attached hydrogen (secondary N) is 1. The van der Waals surface area contributed by atoms with Crippen molar-refractivity contribution in [3.05, 3.63) is 40.6 Å². The second-order valence-corrected chi connectivity index (χ2v) is 8.39. The fourth-order valence-electron chi connectivity index (χ4n) is 4.00. The standard InChI is InChI=1S/C21H28N4O2S/c1-25-9-2-5-15(20(25)19-6-3-12-28-19)14-23-21(22)24-16-7-8-17-18(13-16)27-11-4-10-26-17/h3,6-8,12-13,15,20H,2,4-5,9-11,14H2,1H3,(H3,22,23,24). The molecule has 3 N–H and O–H groups in total. The Balaban J connectivity index is 1.42. The van der Waals surface area contributed by atoms with Gasteiger partial charge in [0.2, 0.25) is 0 Å². The Labute approximate surface area is 170 Å². The van der Waals surface area contributed by atoms with E-state index in [1.54, 1.807) is 0 Å². The zero-order valence-corrected chi connectivity index (χ0v) is 17.1. The van der Waals surface area contributed by atoms with Gasteiger partial charge in [-0.3, -0.25) is 9.89 Å². The molecule has 6 nitrogen and oxygen atoms in total. The molecule has 28 heavy (non-hydrogen) atoms. The number of thiophene rings is 1. The maximum absolute atomic E-state index is 6.18. The Kier molecular flexibility index (Phi) is 6.02. The van der Waals surface area contributed by atoms with Gasteiger partial charge in [-0.15, -0.1) is 11.3 Å². The van der Waals surface area contributed by atoms with Crippen LogP contribution in [0.5, 0.6) is 11.5 Å². The molecular weight excluding hydrogens is 372 g/mol. The lowest BCUT2D eigenvalue weighted by molar-refractivity contribution is 0.128.